The molecule has 0 saturated heterocycles. The summed E-state index contributed by atoms with van der Waals surface area (Å²) in [6.07, 6.45) is 49.5. The fourth-order valence-corrected chi connectivity index (χ4v) is 8.28. The average molecular weight is 863 g/mol. The Morgan fingerprint density at radius 3 is 0.852 bits per heavy atom. The highest BCUT2D eigenvalue weighted by Gasteiger charge is 2.19. The van der Waals surface area contributed by atoms with Gasteiger partial charge < -0.3 is 14.2 Å². The van der Waals surface area contributed by atoms with E-state index in [4.69, 9.17) is 14.2 Å². The van der Waals surface area contributed by atoms with Crippen LogP contribution in [0.15, 0.2) is 0 Å². The van der Waals surface area contributed by atoms with E-state index in [-0.39, 0.29) is 31.1 Å². The van der Waals surface area contributed by atoms with Crippen LogP contribution < -0.4 is 0 Å². The minimum absolute atomic E-state index is 0.0638. The van der Waals surface area contributed by atoms with Crippen LogP contribution >= 0.6 is 0 Å². The van der Waals surface area contributed by atoms with E-state index in [1.165, 1.54) is 193 Å². The normalized spacial score (nSPS) is 12.9. The third-order valence-corrected chi connectivity index (χ3v) is 13.2. The first-order valence-corrected chi connectivity index (χ1v) is 27.3. The molecule has 0 radical (unpaired) electrons. The fraction of sp³-hybridized carbons (Fsp3) is 0.945. The summed E-state index contributed by atoms with van der Waals surface area (Å²) in [4.78, 5) is 37.9. The summed E-state index contributed by atoms with van der Waals surface area (Å²) in [6, 6.07) is 0. The fourth-order valence-electron chi connectivity index (χ4n) is 8.28. The number of unbranched alkanes of at least 4 members (excludes halogenated alkanes) is 32. The Hall–Kier alpha value is -1.59. The molecule has 0 heterocycles. The first-order chi connectivity index (χ1) is 29.8. The van der Waals surface area contributed by atoms with Gasteiger partial charge in [0.05, 0.1) is 0 Å². The Morgan fingerprint density at radius 2 is 0.574 bits per heavy atom. The lowest BCUT2D eigenvalue weighted by molar-refractivity contribution is -0.167. The quantitative estimate of drug-likeness (QED) is 0.0344. The van der Waals surface area contributed by atoms with Crippen molar-refractivity contribution in [3.8, 4) is 0 Å². The Kier molecular flexibility index (Phi) is 46.6. The zero-order valence-electron chi connectivity index (χ0n) is 41.8. The molecule has 0 aromatic heterocycles. The molecule has 3 atom stereocenters. The number of carbonyl (C=O) groups is 3. The van der Waals surface area contributed by atoms with Gasteiger partial charge in [-0.25, -0.2) is 0 Å². The summed E-state index contributed by atoms with van der Waals surface area (Å²) in [5.41, 5.74) is 0. The summed E-state index contributed by atoms with van der Waals surface area (Å²) >= 11 is 0. The van der Waals surface area contributed by atoms with Crippen LogP contribution in [0.4, 0.5) is 0 Å². The third kappa shape index (κ3) is 46.2. The predicted molar refractivity (Wildman–Crippen MR) is 261 cm³/mol. The van der Waals surface area contributed by atoms with Gasteiger partial charge in [0, 0.05) is 19.3 Å². The van der Waals surface area contributed by atoms with Crippen molar-refractivity contribution < 1.29 is 28.6 Å². The van der Waals surface area contributed by atoms with E-state index in [9.17, 15) is 14.4 Å². The van der Waals surface area contributed by atoms with Gasteiger partial charge in [-0.3, -0.25) is 14.4 Å². The lowest BCUT2D eigenvalue weighted by Crippen LogP contribution is -2.30. The summed E-state index contributed by atoms with van der Waals surface area (Å²) in [5.74, 6) is 0.908. The summed E-state index contributed by atoms with van der Waals surface area (Å²) in [5, 5.41) is 0. The lowest BCUT2D eigenvalue weighted by atomic mass is 9.99. The largest absolute Gasteiger partial charge is 0.462 e. The molecule has 0 aliphatic heterocycles. The average Bonchev–Trinajstić information content (AvgIpc) is 3.26. The molecule has 0 aliphatic rings. The van der Waals surface area contributed by atoms with Crippen molar-refractivity contribution in [1.82, 2.24) is 0 Å². The molecule has 362 valence electrons. The van der Waals surface area contributed by atoms with Crippen LogP contribution in [0.5, 0.6) is 0 Å². The van der Waals surface area contributed by atoms with Crippen molar-refractivity contribution in [3.63, 3.8) is 0 Å². The maximum Gasteiger partial charge on any atom is 0.306 e. The maximum atomic E-state index is 12.7. The molecule has 0 aromatic carbocycles. The van der Waals surface area contributed by atoms with Crippen molar-refractivity contribution in [1.29, 1.82) is 0 Å². The second-order valence-electron chi connectivity index (χ2n) is 19.4. The van der Waals surface area contributed by atoms with E-state index in [2.05, 4.69) is 34.6 Å². The van der Waals surface area contributed by atoms with Crippen LogP contribution in [0, 0.1) is 11.8 Å². The molecule has 0 N–H and O–H groups in total. The minimum Gasteiger partial charge on any atom is -0.462 e. The van der Waals surface area contributed by atoms with E-state index in [0.29, 0.717) is 19.3 Å². The number of rotatable bonds is 49. The molecular formula is C55H106O6. The molecule has 0 bridgehead atoms. The standard InChI is InChI=1S/C55H106O6/c1-6-9-10-11-12-23-32-37-42-47-55(58)61-52(49-60-54(57)46-41-36-31-27-26-29-34-39-44-51(5)8-3)48-59-53(56)45-40-35-30-25-22-20-18-16-14-13-15-17-19-21-24-28-33-38-43-50(4)7-2/h50-52H,6-49H2,1-5H3/t50?,51?,52-/m1/s1. The van der Waals surface area contributed by atoms with Crippen LogP contribution in [-0.2, 0) is 28.6 Å². The van der Waals surface area contributed by atoms with Crippen LogP contribution in [-0.4, -0.2) is 37.2 Å². The van der Waals surface area contributed by atoms with Gasteiger partial charge in [-0.05, 0) is 31.1 Å². The van der Waals surface area contributed by atoms with Crippen LogP contribution in [0.1, 0.15) is 304 Å². The second kappa shape index (κ2) is 47.9. The topological polar surface area (TPSA) is 78.9 Å². The van der Waals surface area contributed by atoms with Gasteiger partial charge in [-0.15, -0.1) is 0 Å². The van der Waals surface area contributed by atoms with Gasteiger partial charge in [0.15, 0.2) is 6.10 Å². The first-order valence-electron chi connectivity index (χ1n) is 27.3. The van der Waals surface area contributed by atoms with Gasteiger partial charge in [-0.2, -0.15) is 0 Å². The molecule has 0 rings (SSSR count). The zero-order chi connectivity index (χ0) is 44.7. The SMILES string of the molecule is CCCCCCCCCCCC(=O)O[C@H](COC(=O)CCCCCCCCCCCCCCCCCCCCC(C)CC)COC(=O)CCCCCCCCCCC(C)CC. The molecule has 0 fully saturated rings. The van der Waals surface area contributed by atoms with Gasteiger partial charge in [0.2, 0.25) is 0 Å². The molecular weight excluding hydrogens is 757 g/mol. The van der Waals surface area contributed by atoms with E-state index < -0.39 is 6.10 Å². The van der Waals surface area contributed by atoms with E-state index in [1.54, 1.807) is 0 Å². The highest BCUT2D eigenvalue weighted by molar-refractivity contribution is 5.71. The number of hydrogen-bond donors (Lipinski definition) is 0. The maximum absolute atomic E-state index is 12.7. The van der Waals surface area contributed by atoms with Crippen molar-refractivity contribution in [2.24, 2.45) is 11.8 Å². The Labute approximate surface area is 380 Å². The van der Waals surface area contributed by atoms with Crippen molar-refractivity contribution in [2.45, 2.75) is 310 Å². The lowest BCUT2D eigenvalue weighted by Gasteiger charge is -2.18. The Morgan fingerprint density at radius 1 is 0.328 bits per heavy atom. The van der Waals surface area contributed by atoms with E-state index in [0.717, 1.165) is 69.6 Å². The van der Waals surface area contributed by atoms with Crippen LogP contribution in [0.3, 0.4) is 0 Å². The van der Waals surface area contributed by atoms with Crippen molar-refractivity contribution in [2.75, 3.05) is 13.2 Å². The number of esters is 3. The summed E-state index contributed by atoms with van der Waals surface area (Å²) < 4.78 is 16.8. The van der Waals surface area contributed by atoms with Gasteiger partial charge in [0.25, 0.3) is 0 Å². The van der Waals surface area contributed by atoms with E-state index in [1.807, 2.05) is 0 Å². The predicted octanol–water partition coefficient (Wildman–Crippen LogP) is 17.7. The van der Waals surface area contributed by atoms with Gasteiger partial charge >= 0.3 is 17.9 Å². The Bertz CT molecular complexity index is 935. The van der Waals surface area contributed by atoms with Crippen molar-refractivity contribution >= 4 is 17.9 Å². The molecule has 61 heavy (non-hydrogen) atoms. The highest BCUT2D eigenvalue weighted by atomic mass is 16.6. The molecule has 6 nitrogen and oxygen atoms in total. The number of hydrogen-bond acceptors (Lipinski definition) is 6. The van der Waals surface area contributed by atoms with Gasteiger partial charge in [-0.1, -0.05) is 266 Å². The monoisotopic (exact) mass is 863 g/mol. The van der Waals surface area contributed by atoms with Crippen LogP contribution in [0.2, 0.25) is 0 Å². The molecule has 0 aromatic rings. The first kappa shape index (κ1) is 59.4. The molecule has 0 aliphatic carbocycles. The number of carbonyl (C=O) groups excluding carboxylic acids is 3. The molecule has 0 amide bonds. The van der Waals surface area contributed by atoms with Crippen molar-refractivity contribution in [3.05, 3.63) is 0 Å². The second-order valence-corrected chi connectivity index (χ2v) is 19.4. The van der Waals surface area contributed by atoms with Gasteiger partial charge in [0.1, 0.15) is 13.2 Å². The molecule has 6 heteroatoms. The third-order valence-electron chi connectivity index (χ3n) is 13.2. The summed E-state index contributed by atoms with van der Waals surface area (Å²) in [6.45, 7) is 11.4. The summed E-state index contributed by atoms with van der Waals surface area (Å²) in [7, 11) is 0. The number of ether oxygens (including phenoxy) is 3. The zero-order valence-corrected chi connectivity index (χ0v) is 41.8. The minimum atomic E-state index is -0.761. The molecule has 0 saturated carbocycles. The smallest absolute Gasteiger partial charge is 0.306 e. The molecule has 2 unspecified atom stereocenters. The van der Waals surface area contributed by atoms with Crippen LogP contribution in [0.25, 0.3) is 0 Å². The van der Waals surface area contributed by atoms with E-state index >= 15 is 0 Å². The Balaban J connectivity index is 4.15. The molecule has 0 spiro atoms. The highest BCUT2D eigenvalue weighted by Crippen LogP contribution is 2.18.